The molecule has 1 aliphatic heterocycles. The lowest BCUT2D eigenvalue weighted by molar-refractivity contribution is 0.197. The fraction of sp³-hybridized carbons (Fsp3) is 0.412. The van der Waals surface area contributed by atoms with Gasteiger partial charge in [0.2, 0.25) is 0 Å². The first-order chi connectivity index (χ1) is 12.4. The number of aromatic nitrogens is 2. The van der Waals surface area contributed by atoms with Crippen LogP contribution in [0.15, 0.2) is 24.5 Å². The summed E-state index contributed by atoms with van der Waals surface area (Å²) in [5.41, 5.74) is 0.513. The first-order valence-electron chi connectivity index (χ1n) is 8.14. The SMILES string of the molecule is Cn1cc([C@@H]2CN(C(=O)NCc3c(F)cc(F)cc3F)C[C@H]2CO)cn1. The lowest BCUT2D eigenvalue weighted by atomic mass is 9.92. The van der Waals surface area contributed by atoms with E-state index in [-0.39, 0.29) is 18.4 Å². The Labute approximate surface area is 148 Å². The van der Waals surface area contributed by atoms with E-state index in [9.17, 15) is 23.1 Å². The zero-order valence-electron chi connectivity index (χ0n) is 14.1. The van der Waals surface area contributed by atoms with Crippen LogP contribution < -0.4 is 5.32 Å². The number of aliphatic hydroxyl groups excluding tert-OH is 1. The Morgan fingerprint density at radius 3 is 2.58 bits per heavy atom. The summed E-state index contributed by atoms with van der Waals surface area (Å²) in [5, 5.41) is 16.1. The van der Waals surface area contributed by atoms with Crippen LogP contribution in [-0.2, 0) is 13.6 Å². The molecule has 26 heavy (non-hydrogen) atoms. The quantitative estimate of drug-likeness (QED) is 0.864. The van der Waals surface area contributed by atoms with Crippen LogP contribution in [0.2, 0.25) is 0 Å². The zero-order valence-corrected chi connectivity index (χ0v) is 14.1. The topological polar surface area (TPSA) is 70.4 Å². The number of amides is 2. The average molecular weight is 368 g/mol. The lowest BCUT2D eigenvalue weighted by Gasteiger charge is -2.17. The minimum atomic E-state index is -1.05. The Hall–Kier alpha value is -2.55. The van der Waals surface area contributed by atoms with Gasteiger partial charge in [-0.05, 0) is 5.56 Å². The lowest BCUT2D eigenvalue weighted by Crippen LogP contribution is -2.38. The second kappa shape index (κ2) is 7.36. The summed E-state index contributed by atoms with van der Waals surface area (Å²) in [4.78, 5) is 13.8. The number of urea groups is 1. The van der Waals surface area contributed by atoms with Gasteiger partial charge in [-0.15, -0.1) is 0 Å². The van der Waals surface area contributed by atoms with Crippen LogP contribution in [-0.4, -0.2) is 45.5 Å². The van der Waals surface area contributed by atoms with E-state index in [1.165, 1.54) is 4.90 Å². The third-order valence-corrected chi connectivity index (χ3v) is 4.64. The largest absolute Gasteiger partial charge is 0.396 e. The van der Waals surface area contributed by atoms with Gasteiger partial charge in [-0.3, -0.25) is 4.68 Å². The molecule has 1 saturated heterocycles. The Morgan fingerprint density at radius 1 is 1.31 bits per heavy atom. The summed E-state index contributed by atoms with van der Waals surface area (Å²) in [6.07, 6.45) is 3.52. The molecular weight excluding hydrogens is 349 g/mol. The van der Waals surface area contributed by atoms with E-state index in [4.69, 9.17) is 0 Å². The monoisotopic (exact) mass is 368 g/mol. The van der Waals surface area contributed by atoms with Crippen molar-refractivity contribution < 1.29 is 23.1 Å². The smallest absolute Gasteiger partial charge is 0.317 e. The fourth-order valence-corrected chi connectivity index (χ4v) is 3.25. The number of hydrogen-bond acceptors (Lipinski definition) is 3. The third kappa shape index (κ3) is 3.67. The number of hydrogen-bond donors (Lipinski definition) is 2. The first-order valence-corrected chi connectivity index (χ1v) is 8.14. The van der Waals surface area contributed by atoms with Gasteiger partial charge in [-0.1, -0.05) is 0 Å². The van der Waals surface area contributed by atoms with E-state index in [0.29, 0.717) is 25.2 Å². The molecule has 2 aromatic rings. The van der Waals surface area contributed by atoms with Gasteiger partial charge in [0.05, 0.1) is 12.7 Å². The van der Waals surface area contributed by atoms with Crippen molar-refractivity contribution in [3.63, 3.8) is 0 Å². The van der Waals surface area contributed by atoms with Crippen LogP contribution in [0, 0.1) is 23.4 Å². The minimum absolute atomic E-state index is 0.0706. The summed E-state index contributed by atoms with van der Waals surface area (Å²) in [6.45, 7) is 0.187. The highest BCUT2D eigenvalue weighted by Crippen LogP contribution is 2.32. The van der Waals surface area contributed by atoms with E-state index >= 15 is 0 Å². The second-order valence-electron chi connectivity index (χ2n) is 6.41. The van der Waals surface area contributed by atoms with Crippen molar-refractivity contribution in [3.8, 4) is 0 Å². The number of likely N-dealkylation sites (tertiary alicyclic amines) is 1. The number of nitrogens with zero attached hydrogens (tertiary/aromatic N) is 3. The molecular formula is C17H19F3N4O2. The highest BCUT2D eigenvalue weighted by molar-refractivity contribution is 5.74. The molecule has 0 radical (unpaired) electrons. The van der Waals surface area contributed by atoms with Gasteiger partial charge in [0.15, 0.2) is 0 Å². The molecule has 2 amide bonds. The Kier molecular flexibility index (Phi) is 5.17. The van der Waals surface area contributed by atoms with E-state index in [2.05, 4.69) is 10.4 Å². The summed E-state index contributed by atoms with van der Waals surface area (Å²) >= 11 is 0. The van der Waals surface area contributed by atoms with Crippen molar-refractivity contribution in [2.24, 2.45) is 13.0 Å². The van der Waals surface area contributed by atoms with Crippen LogP contribution in [0.4, 0.5) is 18.0 Å². The first kappa shape index (κ1) is 18.2. The predicted octanol–water partition coefficient (Wildman–Crippen LogP) is 1.75. The van der Waals surface area contributed by atoms with E-state index in [1.54, 1.807) is 17.9 Å². The molecule has 140 valence electrons. The normalized spacial score (nSPS) is 19.8. The summed E-state index contributed by atoms with van der Waals surface area (Å²) in [7, 11) is 1.78. The number of carbonyl (C=O) groups is 1. The summed E-state index contributed by atoms with van der Waals surface area (Å²) in [5.74, 6) is -3.33. The fourth-order valence-electron chi connectivity index (χ4n) is 3.25. The number of carbonyl (C=O) groups excluding carboxylic acids is 1. The standard InChI is InChI=1S/C17H19F3N4O2/c1-23-6-10(4-22-23)14-8-24(7-11(14)9-25)17(26)21-5-13-15(19)2-12(18)3-16(13)20/h2-4,6,11,14,25H,5,7-9H2,1H3,(H,21,26)/t11-,14-/m0/s1. The Bertz CT molecular complexity index is 788. The second-order valence-corrected chi connectivity index (χ2v) is 6.41. The van der Waals surface area contributed by atoms with Gasteiger partial charge in [-0.2, -0.15) is 5.10 Å². The van der Waals surface area contributed by atoms with E-state index in [0.717, 1.165) is 5.56 Å². The Balaban J connectivity index is 1.65. The highest BCUT2D eigenvalue weighted by Gasteiger charge is 2.36. The molecule has 2 N–H and O–H groups in total. The van der Waals surface area contributed by atoms with Crippen LogP contribution in [0.5, 0.6) is 0 Å². The van der Waals surface area contributed by atoms with Crippen LogP contribution >= 0.6 is 0 Å². The van der Waals surface area contributed by atoms with E-state index < -0.39 is 35.6 Å². The number of aliphatic hydroxyl groups is 1. The van der Waals surface area contributed by atoms with Crippen LogP contribution in [0.25, 0.3) is 0 Å². The Morgan fingerprint density at radius 2 is 2.00 bits per heavy atom. The van der Waals surface area contributed by atoms with Crippen molar-refractivity contribution in [1.29, 1.82) is 0 Å². The molecule has 0 bridgehead atoms. The van der Waals surface area contributed by atoms with Crippen LogP contribution in [0.1, 0.15) is 17.0 Å². The molecule has 2 heterocycles. The average Bonchev–Trinajstić information content (AvgIpc) is 3.19. The zero-order chi connectivity index (χ0) is 18.8. The van der Waals surface area contributed by atoms with Crippen molar-refractivity contribution >= 4 is 6.03 Å². The van der Waals surface area contributed by atoms with E-state index in [1.807, 2.05) is 6.20 Å². The maximum atomic E-state index is 13.7. The van der Waals surface area contributed by atoms with Crippen molar-refractivity contribution in [2.45, 2.75) is 12.5 Å². The molecule has 1 fully saturated rings. The number of rotatable bonds is 4. The molecule has 6 nitrogen and oxygen atoms in total. The van der Waals surface area contributed by atoms with Crippen molar-refractivity contribution in [1.82, 2.24) is 20.0 Å². The van der Waals surface area contributed by atoms with Gasteiger partial charge in [0.1, 0.15) is 17.5 Å². The highest BCUT2D eigenvalue weighted by atomic mass is 19.1. The number of benzene rings is 1. The molecule has 2 atom stereocenters. The predicted molar refractivity (Wildman–Crippen MR) is 86.6 cm³/mol. The molecule has 9 heteroatoms. The van der Waals surface area contributed by atoms with Gasteiger partial charge < -0.3 is 15.3 Å². The van der Waals surface area contributed by atoms with Gasteiger partial charge in [0.25, 0.3) is 0 Å². The molecule has 0 unspecified atom stereocenters. The third-order valence-electron chi connectivity index (χ3n) is 4.64. The van der Waals surface area contributed by atoms with Crippen molar-refractivity contribution in [2.75, 3.05) is 19.7 Å². The maximum absolute atomic E-state index is 13.7. The summed E-state index contributed by atoms with van der Waals surface area (Å²) in [6, 6.07) is 0.638. The van der Waals surface area contributed by atoms with Crippen molar-refractivity contribution in [3.05, 3.63) is 53.1 Å². The molecule has 0 spiro atoms. The van der Waals surface area contributed by atoms with Gasteiger partial charge in [-0.25, -0.2) is 18.0 Å². The van der Waals surface area contributed by atoms with Gasteiger partial charge >= 0.3 is 6.03 Å². The minimum Gasteiger partial charge on any atom is -0.396 e. The molecule has 1 aromatic heterocycles. The van der Waals surface area contributed by atoms with Crippen LogP contribution in [0.3, 0.4) is 0 Å². The summed E-state index contributed by atoms with van der Waals surface area (Å²) < 4.78 is 41.9. The molecule has 0 aliphatic carbocycles. The molecule has 1 aliphatic rings. The number of halogens is 3. The number of nitrogens with one attached hydrogen (secondary N) is 1. The maximum Gasteiger partial charge on any atom is 0.317 e. The number of aryl methyl sites for hydroxylation is 1. The van der Waals surface area contributed by atoms with Gasteiger partial charge in [0, 0.05) is 62.5 Å². The molecule has 0 saturated carbocycles. The molecule has 3 rings (SSSR count). The molecule has 1 aromatic carbocycles.